The highest BCUT2D eigenvalue weighted by Crippen LogP contribution is 2.19. The van der Waals surface area contributed by atoms with E-state index in [1.165, 1.54) is 31.5 Å². The second kappa shape index (κ2) is 7.29. The minimum absolute atomic E-state index is 0.100. The number of benzene rings is 1. The normalized spacial score (nSPS) is 14.3. The van der Waals surface area contributed by atoms with Crippen molar-refractivity contribution in [3.63, 3.8) is 0 Å². The Morgan fingerprint density at radius 1 is 1.04 bits per heavy atom. The van der Waals surface area contributed by atoms with Crippen molar-refractivity contribution in [3.8, 4) is 5.75 Å². The third-order valence-corrected chi connectivity index (χ3v) is 4.16. The fourth-order valence-corrected chi connectivity index (χ4v) is 2.77. The Morgan fingerprint density at radius 3 is 2.20 bits per heavy atom. The van der Waals surface area contributed by atoms with Crippen molar-refractivity contribution in [2.75, 3.05) is 33.3 Å². The lowest BCUT2D eigenvalue weighted by molar-refractivity contribution is 0.0535. The molecule has 0 aliphatic carbocycles. The monoisotopic (exact) mass is 343 g/mol. The van der Waals surface area contributed by atoms with E-state index >= 15 is 0 Å². The molecule has 0 N–H and O–H groups in total. The van der Waals surface area contributed by atoms with Crippen molar-refractivity contribution in [3.05, 3.63) is 59.7 Å². The molecule has 7 heteroatoms. The summed E-state index contributed by atoms with van der Waals surface area (Å²) in [6, 6.07) is 7.58. The Morgan fingerprint density at radius 2 is 1.68 bits per heavy atom. The van der Waals surface area contributed by atoms with Gasteiger partial charge in [0.25, 0.3) is 11.8 Å². The van der Waals surface area contributed by atoms with Gasteiger partial charge >= 0.3 is 0 Å². The van der Waals surface area contributed by atoms with Crippen LogP contribution in [0.4, 0.5) is 4.39 Å². The number of piperazine rings is 1. The maximum Gasteiger partial charge on any atom is 0.255 e. The van der Waals surface area contributed by atoms with Gasteiger partial charge in [-0.15, -0.1) is 0 Å². The summed E-state index contributed by atoms with van der Waals surface area (Å²) in [4.78, 5) is 32.1. The summed E-state index contributed by atoms with van der Waals surface area (Å²) in [5, 5.41) is 0. The van der Waals surface area contributed by atoms with Crippen LogP contribution in [0.3, 0.4) is 0 Å². The van der Waals surface area contributed by atoms with Gasteiger partial charge in [0, 0.05) is 44.1 Å². The molecule has 0 atom stereocenters. The van der Waals surface area contributed by atoms with E-state index in [0.29, 0.717) is 31.7 Å². The quantitative estimate of drug-likeness (QED) is 0.853. The van der Waals surface area contributed by atoms with Crippen LogP contribution in [0.5, 0.6) is 5.75 Å². The second-order valence-corrected chi connectivity index (χ2v) is 5.68. The average molecular weight is 343 g/mol. The molecule has 2 heterocycles. The van der Waals surface area contributed by atoms with E-state index in [1.54, 1.807) is 28.1 Å². The van der Waals surface area contributed by atoms with Gasteiger partial charge in [-0.1, -0.05) is 0 Å². The molecule has 0 bridgehead atoms. The molecule has 1 aromatic heterocycles. The average Bonchev–Trinajstić information content (AvgIpc) is 2.67. The fourth-order valence-electron chi connectivity index (χ4n) is 2.77. The smallest absolute Gasteiger partial charge is 0.255 e. The molecule has 1 aliphatic rings. The van der Waals surface area contributed by atoms with E-state index < -0.39 is 5.82 Å². The van der Waals surface area contributed by atoms with E-state index in [1.807, 2.05) is 0 Å². The number of carbonyl (C=O) groups excluding carboxylic acids is 2. The van der Waals surface area contributed by atoms with Crippen molar-refractivity contribution < 1.29 is 18.7 Å². The molecule has 130 valence electrons. The topological polar surface area (TPSA) is 62.7 Å². The van der Waals surface area contributed by atoms with Crippen molar-refractivity contribution in [1.82, 2.24) is 14.8 Å². The lowest BCUT2D eigenvalue weighted by Gasteiger charge is -2.34. The molecule has 1 saturated heterocycles. The number of methoxy groups -OCH3 is 1. The van der Waals surface area contributed by atoms with Gasteiger partial charge in [-0.25, -0.2) is 4.39 Å². The van der Waals surface area contributed by atoms with Gasteiger partial charge in [0.1, 0.15) is 0 Å². The first-order valence-electron chi connectivity index (χ1n) is 7.92. The highest BCUT2D eigenvalue weighted by Gasteiger charge is 2.26. The van der Waals surface area contributed by atoms with Crippen LogP contribution >= 0.6 is 0 Å². The fraction of sp³-hybridized carbons (Fsp3) is 0.278. The number of amides is 2. The first-order valence-corrected chi connectivity index (χ1v) is 7.92. The molecule has 25 heavy (non-hydrogen) atoms. The Labute approximate surface area is 144 Å². The summed E-state index contributed by atoms with van der Waals surface area (Å²) in [5.74, 6) is -0.826. The largest absolute Gasteiger partial charge is 0.494 e. The Hall–Kier alpha value is -2.96. The van der Waals surface area contributed by atoms with Gasteiger partial charge in [0.15, 0.2) is 11.6 Å². The van der Waals surface area contributed by atoms with Crippen molar-refractivity contribution in [1.29, 1.82) is 0 Å². The summed E-state index contributed by atoms with van der Waals surface area (Å²) in [6.45, 7) is 1.66. The summed E-state index contributed by atoms with van der Waals surface area (Å²) in [7, 11) is 1.37. The van der Waals surface area contributed by atoms with Crippen LogP contribution in [0.2, 0.25) is 0 Å². The summed E-state index contributed by atoms with van der Waals surface area (Å²) in [6.07, 6.45) is 3.14. The van der Waals surface area contributed by atoms with Crippen LogP contribution in [0.1, 0.15) is 20.7 Å². The minimum Gasteiger partial charge on any atom is -0.494 e. The summed E-state index contributed by atoms with van der Waals surface area (Å²) >= 11 is 0. The Kier molecular flexibility index (Phi) is 4.92. The van der Waals surface area contributed by atoms with Crippen LogP contribution in [-0.4, -0.2) is 59.9 Å². The van der Waals surface area contributed by atoms with Crippen LogP contribution < -0.4 is 4.74 Å². The predicted molar refractivity (Wildman–Crippen MR) is 89.0 cm³/mol. The van der Waals surface area contributed by atoms with Crippen molar-refractivity contribution in [2.45, 2.75) is 0 Å². The van der Waals surface area contributed by atoms with E-state index in [4.69, 9.17) is 4.74 Å². The molecule has 0 radical (unpaired) electrons. The van der Waals surface area contributed by atoms with E-state index in [-0.39, 0.29) is 23.1 Å². The standard InChI is InChI=1S/C18H18FN3O3/c1-25-16-5-4-13(11-15(16)19)17(23)21-7-9-22(10-8-21)18(24)14-3-2-6-20-12-14/h2-6,11-12H,7-10H2,1H3. The van der Waals surface area contributed by atoms with Gasteiger partial charge in [0.05, 0.1) is 12.7 Å². The van der Waals surface area contributed by atoms with Gasteiger partial charge in [0.2, 0.25) is 0 Å². The predicted octanol–water partition coefficient (Wildman–Crippen LogP) is 1.83. The molecule has 2 aromatic rings. The summed E-state index contributed by atoms with van der Waals surface area (Å²) < 4.78 is 18.6. The molecule has 0 spiro atoms. The maximum absolute atomic E-state index is 13.8. The Balaban J connectivity index is 1.63. The molecule has 1 aliphatic heterocycles. The molecule has 2 amide bonds. The zero-order valence-electron chi connectivity index (χ0n) is 13.8. The van der Waals surface area contributed by atoms with E-state index in [9.17, 15) is 14.0 Å². The molecular formula is C18H18FN3O3. The van der Waals surface area contributed by atoms with Crippen molar-refractivity contribution in [2.24, 2.45) is 0 Å². The number of aromatic nitrogens is 1. The van der Waals surface area contributed by atoms with Crippen LogP contribution in [0.15, 0.2) is 42.7 Å². The Bertz CT molecular complexity index is 774. The minimum atomic E-state index is -0.571. The number of ether oxygens (including phenoxy) is 1. The second-order valence-electron chi connectivity index (χ2n) is 5.68. The van der Waals surface area contributed by atoms with E-state index in [0.717, 1.165) is 0 Å². The molecule has 0 saturated carbocycles. The SMILES string of the molecule is COc1ccc(C(=O)N2CCN(C(=O)c3cccnc3)CC2)cc1F. The number of hydrogen-bond acceptors (Lipinski definition) is 4. The third kappa shape index (κ3) is 3.60. The maximum atomic E-state index is 13.8. The highest BCUT2D eigenvalue weighted by atomic mass is 19.1. The number of halogens is 1. The van der Waals surface area contributed by atoms with Gasteiger partial charge in [-0.3, -0.25) is 14.6 Å². The molecule has 0 unspecified atom stereocenters. The van der Waals surface area contributed by atoms with Gasteiger partial charge in [-0.05, 0) is 30.3 Å². The molecule has 3 rings (SSSR count). The highest BCUT2D eigenvalue weighted by molar-refractivity contribution is 5.96. The van der Waals surface area contributed by atoms with Gasteiger partial charge < -0.3 is 14.5 Å². The number of rotatable bonds is 3. The van der Waals surface area contributed by atoms with E-state index in [2.05, 4.69) is 4.98 Å². The zero-order valence-corrected chi connectivity index (χ0v) is 13.8. The van der Waals surface area contributed by atoms with Crippen LogP contribution in [0.25, 0.3) is 0 Å². The number of carbonyl (C=O) groups is 2. The zero-order chi connectivity index (χ0) is 17.8. The molecule has 1 aromatic carbocycles. The van der Waals surface area contributed by atoms with Crippen LogP contribution in [-0.2, 0) is 0 Å². The number of hydrogen-bond donors (Lipinski definition) is 0. The third-order valence-electron chi connectivity index (χ3n) is 4.16. The van der Waals surface area contributed by atoms with Crippen LogP contribution in [0, 0.1) is 5.82 Å². The number of nitrogens with zero attached hydrogens (tertiary/aromatic N) is 3. The van der Waals surface area contributed by atoms with Gasteiger partial charge in [-0.2, -0.15) is 0 Å². The lowest BCUT2D eigenvalue weighted by Crippen LogP contribution is -2.50. The van der Waals surface area contributed by atoms with Crippen molar-refractivity contribution >= 4 is 11.8 Å². The molecule has 6 nitrogen and oxygen atoms in total. The molecular weight excluding hydrogens is 325 g/mol. The molecule has 1 fully saturated rings. The number of pyridine rings is 1. The first kappa shape index (κ1) is 16.9. The first-order chi connectivity index (χ1) is 12.1. The lowest BCUT2D eigenvalue weighted by atomic mass is 10.1. The summed E-state index contributed by atoms with van der Waals surface area (Å²) in [5.41, 5.74) is 0.796.